The van der Waals surface area contributed by atoms with Crippen molar-refractivity contribution in [3.05, 3.63) is 51.0 Å². The van der Waals surface area contributed by atoms with Crippen LogP contribution in [-0.4, -0.2) is 11.5 Å². The van der Waals surface area contributed by atoms with Crippen molar-refractivity contribution in [1.29, 1.82) is 0 Å². The summed E-state index contributed by atoms with van der Waals surface area (Å²) in [5, 5.41) is 4.84. The molecule has 3 heteroatoms. The van der Waals surface area contributed by atoms with Crippen LogP contribution in [0.1, 0.15) is 52.9 Å². The molecule has 0 amide bonds. The zero-order chi connectivity index (χ0) is 14.8. The van der Waals surface area contributed by atoms with Crippen LogP contribution in [0.2, 0.25) is 0 Å². The molecule has 0 bridgehead atoms. The molecule has 21 heavy (non-hydrogen) atoms. The molecule has 1 N–H and O–H groups in total. The largest absolute Gasteiger partial charge is 0.312 e. The molecule has 1 aliphatic rings. The number of hydrogen-bond donors (Lipinski definition) is 1. The van der Waals surface area contributed by atoms with Gasteiger partial charge in [-0.3, -0.25) is 0 Å². The minimum absolute atomic E-state index is 0.517. The van der Waals surface area contributed by atoms with E-state index in [1.807, 2.05) is 11.3 Å². The summed E-state index contributed by atoms with van der Waals surface area (Å²) in [5.41, 5.74) is 4.21. The van der Waals surface area contributed by atoms with E-state index in [0.29, 0.717) is 11.8 Å². The number of benzene rings is 1. The lowest BCUT2D eigenvalue weighted by atomic mass is 10.0. The van der Waals surface area contributed by atoms with Crippen LogP contribution in [-0.2, 0) is 13.0 Å². The number of aromatic nitrogens is 1. The molecule has 0 saturated carbocycles. The molecule has 1 heterocycles. The Morgan fingerprint density at radius 2 is 2.14 bits per heavy atom. The summed E-state index contributed by atoms with van der Waals surface area (Å²) in [6.45, 7) is 8.66. The van der Waals surface area contributed by atoms with Crippen LogP contribution in [0, 0.1) is 12.8 Å². The Balaban J connectivity index is 1.76. The number of rotatable bonds is 5. The van der Waals surface area contributed by atoms with Crippen molar-refractivity contribution in [1.82, 2.24) is 10.3 Å². The molecule has 1 aromatic carbocycles. The first-order chi connectivity index (χ1) is 10.1. The molecule has 1 unspecified atom stereocenters. The molecule has 0 radical (unpaired) electrons. The van der Waals surface area contributed by atoms with E-state index >= 15 is 0 Å². The third-order valence-corrected chi connectivity index (χ3v) is 5.45. The molecular formula is C18H24N2S. The molecule has 0 saturated heterocycles. The molecule has 112 valence electrons. The van der Waals surface area contributed by atoms with Crippen molar-refractivity contribution in [3.63, 3.8) is 0 Å². The number of hydrogen-bond acceptors (Lipinski definition) is 3. The molecule has 1 aliphatic carbocycles. The van der Waals surface area contributed by atoms with Crippen LogP contribution in [0.15, 0.2) is 24.3 Å². The topological polar surface area (TPSA) is 24.9 Å². The van der Waals surface area contributed by atoms with Gasteiger partial charge in [-0.25, -0.2) is 4.98 Å². The summed E-state index contributed by atoms with van der Waals surface area (Å²) in [7, 11) is 0. The van der Waals surface area contributed by atoms with Gasteiger partial charge >= 0.3 is 0 Å². The van der Waals surface area contributed by atoms with Crippen molar-refractivity contribution in [2.24, 2.45) is 5.92 Å². The van der Waals surface area contributed by atoms with Gasteiger partial charge in [-0.2, -0.15) is 0 Å². The lowest BCUT2D eigenvalue weighted by Crippen LogP contribution is -2.18. The first kappa shape index (κ1) is 14.7. The highest BCUT2D eigenvalue weighted by atomic mass is 32.1. The number of thiazole rings is 1. The fourth-order valence-corrected chi connectivity index (χ4v) is 4.24. The van der Waals surface area contributed by atoms with Crippen molar-refractivity contribution < 1.29 is 0 Å². The zero-order valence-corrected chi connectivity index (χ0v) is 14.0. The summed E-state index contributed by atoms with van der Waals surface area (Å²) in [5.74, 6) is 1.21. The van der Waals surface area contributed by atoms with Gasteiger partial charge in [0.05, 0.1) is 5.69 Å². The molecule has 0 aliphatic heterocycles. The maximum absolute atomic E-state index is 4.87. The highest BCUT2D eigenvalue weighted by molar-refractivity contribution is 7.11. The number of fused-ring (bicyclic) bond motifs is 1. The molecule has 1 atom stereocenters. The third-order valence-electron chi connectivity index (χ3n) is 4.18. The van der Waals surface area contributed by atoms with Crippen LogP contribution >= 0.6 is 11.3 Å². The molecule has 0 fully saturated rings. The van der Waals surface area contributed by atoms with Crippen LogP contribution in [0.3, 0.4) is 0 Å². The van der Waals surface area contributed by atoms with Crippen molar-refractivity contribution in [2.75, 3.05) is 6.54 Å². The second-order valence-electron chi connectivity index (χ2n) is 6.38. The first-order valence-electron chi connectivity index (χ1n) is 7.90. The Morgan fingerprint density at radius 3 is 2.95 bits per heavy atom. The van der Waals surface area contributed by atoms with E-state index in [1.165, 1.54) is 39.5 Å². The van der Waals surface area contributed by atoms with Gasteiger partial charge < -0.3 is 5.32 Å². The van der Waals surface area contributed by atoms with Crippen LogP contribution < -0.4 is 5.32 Å². The monoisotopic (exact) mass is 300 g/mol. The van der Waals surface area contributed by atoms with Crippen molar-refractivity contribution in [2.45, 2.75) is 46.1 Å². The summed E-state index contributed by atoms with van der Waals surface area (Å²) in [4.78, 5) is 6.27. The van der Waals surface area contributed by atoms with E-state index in [1.54, 1.807) is 0 Å². The molecule has 2 aromatic rings. The SMILES string of the molecule is Cc1nc(C2CCc3ccccc32)sc1CNCC(C)C. The van der Waals surface area contributed by atoms with Crippen LogP contribution in [0.5, 0.6) is 0 Å². The highest BCUT2D eigenvalue weighted by Gasteiger charge is 2.26. The maximum Gasteiger partial charge on any atom is 0.101 e. The van der Waals surface area contributed by atoms with Crippen molar-refractivity contribution >= 4 is 11.3 Å². The average molecular weight is 300 g/mol. The zero-order valence-electron chi connectivity index (χ0n) is 13.1. The van der Waals surface area contributed by atoms with Gasteiger partial charge in [0.2, 0.25) is 0 Å². The van der Waals surface area contributed by atoms with E-state index in [4.69, 9.17) is 4.98 Å². The van der Waals surface area contributed by atoms with E-state index in [2.05, 4.69) is 50.4 Å². The maximum atomic E-state index is 4.87. The van der Waals surface area contributed by atoms with Crippen LogP contribution in [0.25, 0.3) is 0 Å². The molecule has 2 nitrogen and oxygen atoms in total. The minimum atomic E-state index is 0.517. The second kappa shape index (κ2) is 6.29. The fraction of sp³-hybridized carbons (Fsp3) is 0.500. The quantitative estimate of drug-likeness (QED) is 0.891. The predicted molar refractivity (Wildman–Crippen MR) is 90.0 cm³/mol. The lowest BCUT2D eigenvalue weighted by molar-refractivity contribution is 0.554. The molecule has 1 aromatic heterocycles. The standard InChI is InChI=1S/C18H24N2S/c1-12(2)10-19-11-17-13(3)20-18(21-17)16-9-8-14-6-4-5-7-15(14)16/h4-7,12,16,19H,8-11H2,1-3H3. The second-order valence-corrected chi connectivity index (χ2v) is 7.49. The van der Waals surface area contributed by atoms with E-state index in [0.717, 1.165) is 13.1 Å². The minimum Gasteiger partial charge on any atom is -0.312 e. The summed E-state index contributed by atoms with van der Waals surface area (Å²) >= 11 is 1.90. The molecular weight excluding hydrogens is 276 g/mol. The molecule has 0 spiro atoms. The average Bonchev–Trinajstić information content (AvgIpc) is 3.02. The van der Waals surface area contributed by atoms with E-state index in [-0.39, 0.29) is 0 Å². The normalized spacial score (nSPS) is 17.4. The number of nitrogens with zero attached hydrogens (tertiary/aromatic N) is 1. The van der Waals surface area contributed by atoms with Crippen molar-refractivity contribution in [3.8, 4) is 0 Å². The highest BCUT2D eigenvalue weighted by Crippen LogP contribution is 2.40. The Morgan fingerprint density at radius 1 is 1.33 bits per heavy atom. The van der Waals surface area contributed by atoms with Crippen LogP contribution in [0.4, 0.5) is 0 Å². The Hall–Kier alpha value is -1.19. The van der Waals surface area contributed by atoms with Gasteiger partial charge in [-0.1, -0.05) is 38.1 Å². The Kier molecular flexibility index (Phi) is 4.41. The van der Waals surface area contributed by atoms with Gasteiger partial charge in [-0.05, 0) is 43.4 Å². The first-order valence-corrected chi connectivity index (χ1v) is 8.71. The van der Waals surface area contributed by atoms with E-state index in [9.17, 15) is 0 Å². The van der Waals surface area contributed by atoms with Gasteiger partial charge in [0.25, 0.3) is 0 Å². The van der Waals surface area contributed by atoms with Gasteiger partial charge in [0, 0.05) is 17.3 Å². The molecule has 3 rings (SSSR count). The number of nitrogens with one attached hydrogen (secondary N) is 1. The summed E-state index contributed by atoms with van der Waals surface area (Å²) < 4.78 is 0. The number of aryl methyl sites for hydroxylation is 2. The third kappa shape index (κ3) is 3.19. The Bertz CT molecular complexity index is 615. The summed E-state index contributed by atoms with van der Waals surface area (Å²) in [6.07, 6.45) is 2.41. The van der Waals surface area contributed by atoms with E-state index < -0.39 is 0 Å². The summed E-state index contributed by atoms with van der Waals surface area (Å²) in [6, 6.07) is 8.85. The lowest BCUT2D eigenvalue weighted by Gasteiger charge is -2.07. The Labute approximate surface area is 131 Å². The predicted octanol–water partition coefficient (Wildman–Crippen LogP) is 4.28. The smallest absolute Gasteiger partial charge is 0.101 e. The van der Waals surface area contributed by atoms with Gasteiger partial charge in [-0.15, -0.1) is 11.3 Å². The van der Waals surface area contributed by atoms with Gasteiger partial charge in [0.1, 0.15) is 5.01 Å². The van der Waals surface area contributed by atoms with Gasteiger partial charge in [0.15, 0.2) is 0 Å². The fourth-order valence-electron chi connectivity index (χ4n) is 3.05.